The van der Waals surface area contributed by atoms with E-state index in [1.165, 1.54) is 12.1 Å². The summed E-state index contributed by atoms with van der Waals surface area (Å²) in [5, 5.41) is 2.43. The van der Waals surface area contributed by atoms with Gasteiger partial charge >= 0.3 is 0 Å². The van der Waals surface area contributed by atoms with Crippen molar-refractivity contribution in [3.8, 4) is 0 Å². The SMILES string of the molecule is O=C1Cc2cc(S(=O)(=O)Nc3cc(F)cc(F)c3)c(Cl)cc2N1. The number of benzene rings is 2. The fraction of sp³-hybridized carbons (Fsp3) is 0.0714. The molecule has 1 amide bonds. The molecule has 9 heteroatoms. The number of halogens is 3. The highest BCUT2D eigenvalue weighted by molar-refractivity contribution is 7.92. The summed E-state index contributed by atoms with van der Waals surface area (Å²) < 4.78 is 53.1. The van der Waals surface area contributed by atoms with Crippen molar-refractivity contribution in [3.05, 3.63) is 52.6 Å². The Balaban J connectivity index is 2.00. The van der Waals surface area contributed by atoms with Crippen molar-refractivity contribution >= 4 is 38.9 Å². The van der Waals surface area contributed by atoms with Crippen molar-refractivity contribution in [1.82, 2.24) is 0 Å². The highest BCUT2D eigenvalue weighted by atomic mass is 35.5. The average molecular weight is 359 g/mol. The van der Waals surface area contributed by atoms with Gasteiger partial charge in [-0.25, -0.2) is 17.2 Å². The number of nitrogens with one attached hydrogen (secondary N) is 2. The number of fused-ring (bicyclic) bond motifs is 1. The van der Waals surface area contributed by atoms with Crippen LogP contribution in [0.2, 0.25) is 5.02 Å². The van der Waals surface area contributed by atoms with E-state index in [1.807, 2.05) is 0 Å². The molecule has 120 valence electrons. The third-order valence-electron chi connectivity index (χ3n) is 3.19. The molecular formula is C14H9ClF2N2O3S. The summed E-state index contributed by atoms with van der Waals surface area (Å²) in [6.45, 7) is 0. The van der Waals surface area contributed by atoms with E-state index < -0.39 is 21.7 Å². The third kappa shape index (κ3) is 3.13. The average Bonchev–Trinajstić information content (AvgIpc) is 2.74. The maximum atomic E-state index is 13.2. The van der Waals surface area contributed by atoms with Crippen molar-refractivity contribution in [3.63, 3.8) is 0 Å². The molecule has 2 aromatic carbocycles. The Bertz CT molecular complexity index is 912. The van der Waals surface area contributed by atoms with E-state index in [2.05, 4.69) is 10.0 Å². The van der Waals surface area contributed by atoms with Crippen LogP contribution in [0.1, 0.15) is 5.56 Å². The molecule has 3 rings (SSSR count). The summed E-state index contributed by atoms with van der Waals surface area (Å²) in [7, 11) is -4.17. The lowest BCUT2D eigenvalue weighted by Gasteiger charge is -2.11. The van der Waals surface area contributed by atoms with Gasteiger partial charge in [0.15, 0.2) is 0 Å². The smallest absolute Gasteiger partial charge is 0.263 e. The molecule has 0 radical (unpaired) electrons. The lowest BCUT2D eigenvalue weighted by Crippen LogP contribution is -2.14. The lowest BCUT2D eigenvalue weighted by molar-refractivity contribution is -0.115. The topological polar surface area (TPSA) is 75.3 Å². The maximum absolute atomic E-state index is 13.2. The Labute approximate surface area is 135 Å². The van der Waals surface area contributed by atoms with E-state index in [0.29, 0.717) is 17.3 Å². The van der Waals surface area contributed by atoms with Gasteiger partial charge in [-0.15, -0.1) is 0 Å². The van der Waals surface area contributed by atoms with Crippen LogP contribution in [0, 0.1) is 11.6 Å². The Hall–Kier alpha value is -2.19. The van der Waals surface area contributed by atoms with Crippen LogP contribution in [0.5, 0.6) is 0 Å². The van der Waals surface area contributed by atoms with Crippen LogP contribution in [0.3, 0.4) is 0 Å². The highest BCUT2D eigenvalue weighted by Gasteiger charge is 2.25. The van der Waals surface area contributed by atoms with Gasteiger partial charge in [0.1, 0.15) is 16.5 Å². The Morgan fingerprint density at radius 2 is 1.74 bits per heavy atom. The molecule has 2 aromatic rings. The minimum absolute atomic E-state index is 0.0314. The van der Waals surface area contributed by atoms with Crippen molar-refractivity contribution in [2.45, 2.75) is 11.3 Å². The summed E-state index contributed by atoms with van der Waals surface area (Å²) in [4.78, 5) is 11.1. The van der Waals surface area contributed by atoms with Gasteiger partial charge in [-0.3, -0.25) is 9.52 Å². The first-order valence-electron chi connectivity index (χ1n) is 6.36. The Kier molecular flexibility index (Phi) is 3.73. The van der Waals surface area contributed by atoms with Gasteiger partial charge < -0.3 is 5.32 Å². The summed E-state index contributed by atoms with van der Waals surface area (Å²) in [6, 6.07) is 4.88. The second kappa shape index (κ2) is 5.47. The Morgan fingerprint density at radius 3 is 2.39 bits per heavy atom. The van der Waals surface area contributed by atoms with E-state index in [9.17, 15) is 22.0 Å². The van der Waals surface area contributed by atoms with Crippen LogP contribution in [-0.4, -0.2) is 14.3 Å². The monoisotopic (exact) mass is 358 g/mol. The quantitative estimate of drug-likeness (QED) is 0.885. The van der Waals surface area contributed by atoms with Gasteiger partial charge in [-0.1, -0.05) is 11.6 Å². The number of amides is 1. The van der Waals surface area contributed by atoms with E-state index in [-0.39, 0.29) is 27.9 Å². The van der Waals surface area contributed by atoms with E-state index in [4.69, 9.17) is 11.6 Å². The molecule has 2 N–H and O–H groups in total. The second-order valence-electron chi connectivity index (χ2n) is 4.93. The molecule has 1 heterocycles. The van der Waals surface area contributed by atoms with Crippen molar-refractivity contribution in [2.75, 3.05) is 10.0 Å². The predicted octanol–water partition coefficient (Wildman–Crippen LogP) is 2.91. The van der Waals surface area contributed by atoms with Gasteiger partial charge in [0.2, 0.25) is 5.91 Å². The highest BCUT2D eigenvalue weighted by Crippen LogP contribution is 2.33. The summed E-state index contributed by atoms with van der Waals surface area (Å²) in [5.41, 5.74) is 0.647. The van der Waals surface area contributed by atoms with Crippen LogP contribution in [0.25, 0.3) is 0 Å². The van der Waals surface area contributed by atoms with Crippen molar-refractivity contribution in [1.29, 1.82) is 0 Å². The molecular weight excluding hydrogens is 350 g/mol. The molecule has 0 unspecified atom stereocenters. The van der Waals surface area contributed by atoms with Crippen molar-refractivity contribution < 1.29 is 22.0 Å². The number of carbonyl (C=O) groups excluding carboxylic acids is 1. The Morgan fingerprint density at radius 1 is 1.09 bits per heavy atom. The first-order valence-corrected chi connectivity index (χ1v) is 8.22. The van der Waals surface area contributed by atoms with E-state index in [1.54, 1.807) is 0 Å². The van der Waals surface area contributed by atoms with E-state index in [0.717, 1.165) is 12.1 Å². The molecule has 23 heavy (non-hydrogen) atoms. The minimum Gasteiger partial charge on any atom is -0.325 e. The maximum Gasteiger partial charge on any atom is 0.263 e. The summed E-state index contributed by atoms with van der Waals surface area (Å²) in [5.74, 6) is -2.11. The standard InChI is InChI=1S/C14H9ClF2N2O3S/c15-11-6-12-7(2-14(20)18-12)1-13(11)23(21,22)19-10-4-8(16)3-9(17)5-10/h1,3-6,19H,2H2,(H,18,20). The number of sulfonamides is 1. The first-order chi connectivity index (χ1) is 10.7. The second-order valence-corrected chi connectivity index (χ2v) is 6.99. The number of anilines is 2. The van der Waals surface area contributed by atoms with Gasteiger partial charge in [-0.05, 0) is 29.8 Å². The summed E-state index contributed by atoms with van der Waals surface area (Å²) in [6.07, 6.45) is 0.0314. The van der Waals surface area contributed by atoms with Crippen LogP contribution in [0.4, 0.5) is 20.2 Å². The molecule has 0 aromatic heterocycles. The number of hydrogen-bond acceptors (Lipinski definition) is 3. The van der Waals surface area contributed by atoms with Gasteiger partial charge in [0.25, 0.3) is 10.0 Å². The number of carbonyl (C=O) groups is 1. The minimum atomic E-state index is -4.17. The zero-order valence-corrected chi connectivity index (χ0v) is 12.9. The molecule has 0 spiro atoms. The van der Waals surface area contributed by atoms with Crippen molar-refractivity contribution in [2.24, 2.45) is 0 Å². The van der Waals surface area contributed by atoms with E-state index >= 15 is 0 Å². The fourth-order valence-electron chi connectivity index (χ4n) is 2.25. The third-order valence-corrected chi connectivity index (χ3v) is 5.03. The lowest BCUT2D eigenvalue weighted by atomic mass is 10.2. The molecule has 0 atom stereocenters. The fourth-order valence-corrected chi connectivity index (χ4v) is 3.87. The normalized spacial score (nSPS) is 13.6. The van der Waals surface area contributed by atoms with Crippen LogP contribution >= 0.6 is 11.6 Å². The molecule has 0 bridgehead atoms. The zero-order chi connectivity index (χ0) is 16.8. The molecule has 5 nitrogen and oxygen atoms in total. The molecule has 0 aliphatic carbocycles. The van der Waals surface area contributed by atoms with Crippen LogP contribution < -0.4 is 10.0 Å². The predicted molar refractivity (Wildman–Crippen MR) is 81.0 cm³/mol. The van der Waals surface area contributed by atoms with Gasteiger partial charge in [-0.2, -0.15) is 0 Å². The number of hydrogen-bond donors (Lipinski definition) is 2. The molecule has 0 fully saturated rings. The summed E-state index contributed by atoms with van der Waals surface area (Å²) >= 11 is 5.95. The molecule has 1 aliphatic heterocycles. The largest absolute Gasteiger partial charge is 0.325 e. The molecule has 1 aliphatic rings. The first kappa shape index (κ1) is 15.7. The van der Waals surface area contributed by atoms with Gasteiger partial charge in [0.05, 0.1) is 17.1 Å². The van der Waals surface area contributed by atoms with Gasteiger partial charge in [0, 0.05) is 11.8 Å². The molecule has 0 saturated carbocycles. The number of rotatable bonds is 3. The van der Waals surface area contributed by atoms with Crippen LogP contribution in [-0.2, 0) is 21.2 Å². The molecule has 0 saturated heterocycles. The zero-order valence-electron chi connectivity index (χ0n) is 11.4. The van der Waals surface area contributed by atoms with Crippen LogP contribution in [0.15, 0.2) is 35.2 Å².